The van der Waals surface area contributed by atoms with E-state index in [-0.39, 0.29) is 5.97 Å². The van der Waals surface area contributed by atoms with Gasteiger partial charge < -0.3 is 9.84 Å². The maximum atomic E-state index is 11.0. The Morgan fingerprint density at radius 2 is 2.33 bits per heavy atom. The number of carbonyl (C=O) groups excluding carboxylic acids is 1. The van der Waals surface area contributed by atoms with E-state index in [1.165, 1.54) is 18.4 Å². The van der Waals surface area contributed by atoms with Gasteiger partial charge in [-0.3, -0.25) is 0 Å². The van der Waals surface area contributed by atoms with E-state index >= 15 is 0 Å². The molecule has 1 N–H and O–H groups in total. The molecule has 1 aromatic rings. The molecule has 0 saturated carbocycles. The van der Waals surface area contributed by atoms with Crippen molar-refractivity contribution in [3.8, 4) is 0 Å². The average Bonchev–Trinajstić information content (AvgIpc) is 2.51. The number of aliphatic hydroxyl groups is 1. The minimum atomic E-state index is -0.520. The van der Waals surface area contributed by atoms with Gasteiger partial charge in [-0.1, -0.05) is 0 Å². The largest absolute Gasteiger partial charge is 0.465 e. The van der Waals surface area contributed by atoms with E-state index in [9.17, 15) is 4.79 Å². The Bertz CT molecular complexity index is 278. The van der Waals surface area contributed by atoms with Gasteiger partial charge in [-0.05, 0) is 19.1 Å². The van der Waals surface area contributed by atoms with E-state index in [0.29, 0.717) is 4.88 Å². The highest BCUT2D eigenvalue weighted by atomic mass is 32.1. The summed E-state index contributed by atoms with van der Waals surface area (Å²) in [5, 5.41) is 9.15. The minimum Gasteiger partial charge on any atom is -0.465 e. The second-order valence-corrected chi connectivity index (χ2v) is 3.48. The summed E-state index contributed by atoms with van der Waals surface area (Å²) in [6, 6.07) is 3.38. The van der Waals surface area contributed by atoms with Crippen LogP contribution in [-0.4, -0.2) is 18.2 Å². The third kappa shape index (κ3) is 1.84. The van der Waals surface area contributed by atoms with E-state index in [1.807, 2.05) is 0 Å². The number of esters is 1. The van der Waals surface area contributed by atoms with Gasteiger partial charge in [-0.15, -0.1) is 11.3 Å². The van der Waals surface area contributed by atoms with Gasteiger partial charge in [0.2, 0.25) is 0 Å². The zero-order valence-electron chi connectivity index (χ0n) is 6.90. The maximum absolute atomic E-state index is 11.0. The molecule has 1 rings (SSSR count). The molecule has 0 aliphatic carbocycles. The third-order valence-corrected chi connectivity index (χ3v) is 2.66. The molecule has 0 unspecified atom stereocenters. The molecule has 0 radical (unpaired) electrons. The van der Waals surface area contributed by atoms with Gasteiger partial charge >= 0.3 is 5.97 Å². The number of carbonyl (C=O) groups is 1. The minimum absolute atomic E-state index is 0.355. The smallest absolute Gasteiger partial charge is 0.348 e. The first kappa shape index (κ1) is 9.22. The molecule has 0 bridgehead atoms. The lowest BCUT2D eigenvalue weighted by Crippen LogP contribution is -1.96. The van der Waals surface area contributed by atoms with Crippen molar-refractivity contribution >= 4 is 17.3 Å². The number of hydrogen-bond donors (Lipinski definition) is 1. The molecule has 0 fully saturated rings. The van der Waals surface area contributed by atoms with Crippen LogP contribution < -0.4 is 0 Å². The number of thiophene rings is 1. The van der Waals surface area contributed by atoms with Crippen LogP contribution in [0.1, 0.15) is 27.6 Å². The van der Waals surface area contributed by atoms with E-state index in [0.717, 1.165) is 4.88 Å². The molecule has 0 aliphatic rings. The summed E-state index contributed by atoms with van der Waals surface area (Å²) < 4.78 is 4.52. The summed E-state index contributed by atoms with van der Waals surface area (Å²) in [7, 11) is 1.34. The first-order chi connectivity index (χ1) is 5.65. The first-order valence-electron chi connectivity index (χ1n) is 3.51. The predicted molar refractivity (Wildman–Crippen MR) is 46.3 cm³/mol. The molecule has 1 heterocycles. The van der Waals surface area contributed by atoms with Crippen LogP contribution in [-0.2, 0) is 4.74 Å². The molecule has 3 nitrogen and oxygen atoms in total. The van der Waals surface area contributed by atoms with Gasteiger partial charge in [-0.2, -0.15) is 0 Å². The predicted octanol–water partition coefficient (Wildman–Crippen LogP) is 1.59. The van der Waals surface area contributed by atoms with Gasteiger partial charge in [0.15, 0.2) is 0 Å². The van der Waals surface area contributed by atoms with E-state index < -0.39 is 6.10 Å². The Morgan fingerprint density at radius 3 is 2.75 bits per heavy atom. The van der Waals surface area contributed by atoms with Gasteiger partial charge in [0.25, 0.3) is 0 Å². The highest BCUT2D eigenvalue weighted by Crippen LogP contribution is 2.23. The van der Waals surface area contributed by atoms with E-state index in [1.54, 1.807) is 19.1 Å². The molecule has 1 aromatic heterocycles. The fourth-order valence-electron chi connectivity index (χ4n) is 0.788. The SMILES string of the molecule is COC(=O)c1ccc([C@H](C)O)s1. The van der Waals surface area contributed by atoms with Gasteiger partial charge in [0.05, 0.1) is 13.2 Å². The topological polar surface area (TPSA) is 46.5 Å². The van der Waals surface area contributed by atoms with Crippen LogP contribution in [0.3, 0.4) is 0 Å². The highest BCUT2D eigenvalue weighted by molar-refractivity contribution is 7.14. The zero-order chi connectivity index (χ0) is 9.14. The molecule has 66 valence electrons. The normalized spacial score (nSPS) is 12.6. The van der Waals surface area contributed by atoms with Crippen LogP contribution in [0.5, 0.6) is 0 Å². The number of methoxy groups -OCH3 is 1. The second kappa shape index (κ2) is 3.69. The van der Waals surface area contributed by atoms with Crippen LogP contribution in [0.4, 0.5) is 0 Å². The molecule has 12 heavy (non-hydrogen) atoms. The third-order valence-electron chi connectivity index (χ3n) is 1.43. The van der Waals surface area contributed by atoms with Gasteiger partial charge in [-0.25, -0.2) is 4.79 Å². The second-order valence-electron chi connectivity index (χ2n) is 2.37. The summed E-state index contributed by atoms with van der Waals surface area (Å²) in [6.45, 7) is 1.66. The standard InChI is InChI=1S/C8H10O3S/c1-5(9)6-3-4-7(12-6)8(10)11-2/h3-5,9H,1-2H3/t5-/m0/s1. The van der Waals surface area contributed by atoms with Crippen LogP contribution in [0.15, 0.2) is 12.1 Å². The molecular weight excluding hydrogens is 176 g/mol. The Balaban J connectivity index is 2.84. The summed E-state index contributed by atoms with van der Waals surface area (Å²) in [5.41, 5.74) is 0. The summed E-state index contributed by atoms with van der Waals surface area (Å²) >= 11 is 1.25. The van der Waals surface area contributed by atoms with Crippen molar-refractivity contribution in [2.75, 3.05) is 7.11 Å². The van der Waals surface area contributed by atoms with Crippen LogP contribution in [0, 0.1) is 0 Å². The fraction of sp³-hybridized carbons (Fsp3) is 0.375. The highest BCUT2D eigenvalue weighted by Gasteiger charge is 2.10. The van der Waals surface area contributed by atoms with Crippen molar-refractivity contribution in [2.24, 2.45) is 0 Å². The lowest BCUT2D eigenvalue weighted by Gasteiger charge is -1.97. The maximum Gasteiger partial charge on any atom is 0.348 e. The molecule has 1 atom stereocenters. The summed E-state index contributed by atoms with van der Waals surface area (Å²) in [5.74, 6) is -0.355. The molecule has 0 aromatic carbocycles. The van der Waals surface area contributed by atoms with Crippen LogP contribution >= 0.6 is 11.3 Å². The van der Waals surface area contributed by atoms with Crippen molar-refractivity contribution in [1.82, 2.24) is 0 Å². The Labute approximate surface area is 74.6 Å². The monoisotopic (exact) mass is 186 g/mol. The lowest BCUT2D eigenvalue weighted by molar-refractivity contribution is 0.0606. The fourth-order valence-corrected chi connectivity index (χ4v) is 1.65. The van der Waals surface area contributed by atoms with E-state index in [2.05, 4.69) is 4.74 Å². The zero-order valence-corrected chi connectivity index (χ0v) is 7.72. The Morgan fingerprint density at radius 1 is 1.67 bits per heavy atom. The quantitative estimate of drug-likeness (QED) is 0.713. The number of ether oxygens (including phenoxy) is 1. The molecule has 0 aliphatic heterocycles. The summed E-state index contributed by atoms with van der Waals surface area (Å²) in [4.78, 5) is 12.3. The number of hydrogen-bond acceptors (Lipinski definition) is 4. The molecule has 0 amide bonds. The van der Waals surface area contributed by atoms with Crippen molar-refractivity contribution in [3.63, 3.8) is 0 Å². The lowest BCUT2D eigenvalue weighted by atomic mass is 10.3. The van der Waals surface area contributed by atoms with Crippen molar-refractivity contribution in [2.45, 2.75) is 13.0 Å². The van der Waals surface area contributed by atoms with Gasteiger partial charge in [0, 0.05) is 4.88 Å². The van der Waals surface area contributed by atoms with Crippen molar-refractivity contribution < 1.29 is 14.6 Å². The van der Waals surface area contributed by atoms with Crippen LogP contribution in [0.2, 0.25) is 0 Å². The number of rotatable bonds is 2. The first-order valence-corrected chi connectivity index (χ1v) is 4.33. The molecule has 0 saturated heterocycles. The van der Waals surface area contributed by atoms with Crippen LogP contribution in [0.25, 0.3) is 0 Å². The molecule has 0 spiro atoms. The van der Waals surface area contributed by atoms with Crippen molar-refractivity contribution in [1.29, 1.82) is 0 Å². The van der Waals surface area contributed by atoms with E-state index in [4.69, 9.17) is 5.11 Å². The average molecular weight is 186 g/mol. The number of aliphatic hydroxyl groups excluding tert-OH is 1. The Kier molecular flexibility index (Phi) is 2.83. The molecule has 4 heteroatoms. The summed E-state index contributed by atoms with van der Waals surface area (Å²) in [6.07, 6.45) is -0.520. The molecular formula is C8H10O3S. The Hall–Kier alpha value is -0.870. The van der Waals surface area contributed by atoms with Crippen molar-refractivity contribution in [3.05, 3.63) is 21.9 Å². The van der Waals surface area contributed by atoms with Gasteiger partial charge in [0.1, 0.15) is 4.88 Å².